The molecule has 100 valence electrons. The van der Waals surface area contributed by atoms with Crippen molar-refractivity contribution in [2.24, 2.45) is 5.92 Å². The molecule has 3 heteroatoms. The van der Waals surface area contributed by atoms with Crippen molar-refractivity contribution in [3.63, 3.8) is 0 Å². The maximum atomic E-state index is 5.96. The highest BCUT2D eigenvalue weighted by Gasteiger charge is 2.24. The number of nitrogens with zero attached hydrogens (tertiary/aromatic N) is 1. The number of hydrogen-bond acceptors (Lipinski definition) is 2. The van der Waals surface area contributed by atoms with Gasteiger partial charge in [-0.15, -0.1) is 0 Å². The molecule has 0 saturated carbocycles. The van der Waals surface area contributed by atoms with E-state index >= 15 is 0 Å². The van der Waals surface area contributed by atoms with Crippen molar-refractivity contribution < 1.29 is 0 Å². The molecule has 1 saturated heterocycles. The summed E-state index contributed by atoms with van der Waals surface area (Å²) in [5.74, 6) is 0.581. The van der Waals surface area contributed by atoms with Crippen molar-refractivity contribution in [2.75, 3.05) is 20.1 Å². The number of halogens is 1. The van der Waals surface area contributed by atoms with Crippen molar-refractivity contribution in [3.05, 3.63) is 34.9 Å². The lowest BCUT2D eigenvalue weighted by Crippen LogP contribution is -2.37. The van der Waals surface area contributed by atoms with Gasteiger partial charge in [0.1, 0.15) is 0 Å². The van der Waals surface area contributed by atoms with Gasteiger partial charge in [-0.05, 0) is 43.6 Å². The summed E-state index contributed by atoms with van der Waals surface area (Å²) < 4.78 is 0. The number of hydrogen-bond donors (Lipinski definition) is 1. The first-order chi connectivity index (χ1) is 8.56. The normalized spacial score (nSPS) is 22.6. The van der Waals surface area contributed by atoms with E-state index in [9.17, 15) is 0 Å². The predicted octanol–water partition coefficient (Wildman–Crippen LogP) is 3.33. The number of rotatable bonds is 4. The molecule has 1 aromatic rings. The highest BCUT2D eigenvalue weighted by atomic mass is 35.5. The average Bonchev–Trinajstić information content (AvgIpc) is 2.73. The first-order valence-corrected chi connectivity index (χ1v) is 7.14. The second-order valence-electron chi connectivity index (χ2n) is 5.69. The topological polar surface area (TPSA) is 15.3 Å². The van der Waals surface area contributed by atoms with Crippen molar-refractivity contribution >= 4 is 11.6 Å². The van der Waals surface area contributed by atoms with Gasteiger partial charge in [-0.3, -0.25) is 0 Å². The highest BCUT2D eigenvalue weighted by Crippen LogP contribution is 2.25. The van der Waals surface area contributed by atoms with E-state index in [1.165, 1.54) is 18.5 Å². The summed E-state index contributed by atoms with van der Waals surface area (Å²) >= 11 is 5.96. The van der Waals surface area contributed by atoms with Gasteiger partial charge in [0.25, 0.3) is 0 Å². The molecule has 2 nitrogen and oxygen atoms in total. The molecule has 0 radical (unpaired) electrons. The minimum atomic E-state index is 0.416. The first-order valence-electron chi connectivity index (χ1n) is 6.76. The summed E-state index contributed by atoms with van der Waals surface area (Å²) in [6.45, 7) is 6.88. The third-order valence-corrected chi connectivity index (χ3v) is 3.95. The van der Waals surface area contributed by atoms with E-state index in [0.717, 1.165) is 11.6 Å². The van der Waals surface area contributed by atoms with Crippen LogP contribution in [0.2, 0.25) is 5.02 Å². The zero-order valence-electron chi connectivity index (χ0n) is 11.5. The molecule has 1 aliphatic rings. The van der Waals surface area contributed by atoms with Gasteiger partial charge in [-0.1, -0.05) is 37.6 Å². The van der Waals surface area contributed by atoms with Crippen LogP contribution in [-0.4, -0.2) is 31.1 Å². The van der Waals surface area contributed by atoms with Crippen LogP contribution in [0.1, 0.15) is 31.9 Å². The Morgan fingerprint density at radius 3 is 2.44 bits per heavy atom. The van der Waals surface area contributed by atoms with E-state index in [-0.39, 0.29) is 0 Å². The quantitative estimate of drug-likeness (QED) is 0.899. The first kappa shape index (κ1) is 13.9. The maximum Gasteiger partial charge on any atom is 0.0406 e. The van der Waals surface area contributed by atoms with Crippen molar-refractivity contribution in [2.45, 2.75) is 32.4 Å². The molecule has 0 aliphatic carbocycles. The fourth-order valence-corrected chi connectivity index (χ4v) is 2.79. The molecule has 2 rings (SSSR count). The van der Waals surface area contributed by atoms with Gasteiger partial charge >= 0.3 is 0 Å². The summed E-state index contributed by atoms with van der Waals surface area (Å²) in [6.07, 6.45) is 1.24. The third-order valence-electron chi connectivity index (χ3n) is 3.70. The molecule has 0 bridgehead atoms. The van der Waals surface area contributed by atoms with E-state index in [2.05, 4.69) is 43.2 Å². The lowest BCUT2D eigenvalue weighted by atomic mass is 9.95. The predicted molar refractivity (Wildman–Crippen MR) is 78.1 cm³/mol. The molecule has 0 spiro atoms. The third kappa shape index (κ3) is 3.47. The number of likely N-dealkylation sites (N-methyl/N-ethyl adjacent to an activating group) is 1. The lowest BCUT2D eigenvalue weighted by Gasteiger charge is -2.27. The summed E-state index contributed by atoms with van der Waals surface area (Å²) in [5.41, 5.74) is 1.34. The standard InChI is InChI=1S/C15H23ClN2/c1-11(2)15(12-4-6-13(16)7-5-12)17-14-8-9-18(3)10-14/h4-7,11,14-15,17H,8-10H2,1-3H3. The summed E-state index contributed by atoms with van der Waals surface area (Å²) in [6, 6.07) is 9.26. The van der Waals surface area contributed by atoms with Gasteiger partial charge in [0.2, 0.25) is 0 Å². The van der Waals surface area contributed by atoms with Crippen LogP contribution in [0, 0.1) is 5.92 Å². The Labute approximate surface area is 115 Å². The summed E-state index contributed by atoms with van der Waals surface area (Å²) in [7, 11) is 2.19. The molecule has 1 N–H and O–H groups in total. The number of nitrogens with one attached hydrogen (secondary N) is 1. The number of likely N-dealkylation sites (tertiary alicyclic amines) is 1. The minimum Gasteiger partial charge on any atom is -0.306 e. The Bertz CT molecular complexity index is 375. The van der Waals surface area contributed by atoms with Crippen molar-refractivity contribution in [3.8, 4) is 0 Å². The molecule has 2 unspecified atom stereocenters. The second kappa shape index (κ2) is 6.05. The lowest BCUT2D eigenvalue weighted by molar-refractivity contribution is 0.344. The summed E-state index contributed by atoms with van der Waals surface area (Å²) in [4.78, 5) is 2.39. The Morgan fingerprint density at radius 1 is 1.28 bits per heavy atom. The van der Waals surface area contributed by atoms with E-state index in [1.807, 2.05) is 12.1 Å². The molecule has 1 aromatic carbocycles. The molecule has 18 heavy (non-hydrogen) atoms. The van der Waals surface area contributed by atoms with Gasteiger partial charge in [-0.25, -0.2) is 0 Å². The van der Waals surface area contributed by atoms with E-state index in [1.54, 1.807) is 0 Å². The van der Waals surface area contributed by atoms with Crippen LogP contribution < -0.4 is 5.32 Å². The van der Waals surface area contributed by atoms with E-state index in [4.69, 9.17) is 11.6 Å². The van der Waals surface area contributed by atoms with Gasteiger partial charge < -0.3 is 10.2 Å². The Kier molecular flexibility index (Phi) is 4.66. The fourth-order valence-electron chi connectivity index (χ4n) is 2.67. The largest absolute Gasteiger partial charge is 0.306 e. The van der Waals surface area contributed by atoms with Gasteiger partial charge in [0.05, 0.1) is 0 Å². The van der Waals surface area contributed by atoms with Crippen molar-refractivity contribution in [1.82, 2.24) is 10.2 Å². The van der Waals surface area contributed by atoms with Crippen LogP contribution in [0.5, 0.6) is 0 Å². The van der Waals surface area contributed by atoms with Crippen LogP contribution in [0.4, 0.5) is 0 Å². The monoisotopic (exact) mass is 266 g/mol. The van der Waals surface area contributed by atoms with Crippen molar-refractivity contribution in [1.29, 1.82) is 0 Å². The zero-order chi connectivity index (χ0) is 13.1. The van der Waals surface area contributed by atoms with Crippen LogP contribution >= 0.6 is 11.6 Å². The second-order valence-corrected chi connectivity index (χ2v) is 6.12. The SMILES string of the molecule is CC(C)C(NC1CCN(C)C1)c1ccc(Cl)cc1. The average molecular weight is 267 g/mol. The molecule has 0 aromatic heterocycles. The minimum absolute atomic E-state index is 0.416. The molecule has 1 aliphatic heterocycles. The highest BCUT2D eigenvalue weighted by molar-refractivity contribution is 6.30. The molecule has 2 atom stereocenters. The molecule has 1 fully saturated rings. The van der Waals surface area contributed by atoms with Gasteiger partial charge in [0.15, 0.2) is 0 Å². The molecular formula is C15H23ClN2. The van der Waals surface area contributed by atoms with E-state index in [0.29, 0.717) is 18.0 Å². The van der Waals surface area contributed by atoms with Crippen LogP contribution in [0.15, 0.2) is 24.3 Å². The Balaban J connectivity index is 2.06. The molecular weight excluding hydrogens is 244 g/mol. The fraction of sp³-hybridized carbons (Fsp3) is 0.600. The van der Waals surface area contributed by atoms with Gasteiger partial charge in [-0.2, -0.15) is 0 Å². The van der Waals surface area contributed by atoms with Crippen LogP contribution in [-0.2, 0) is 0 Å². The van der Waals surface area contributed by atoms with Crippen LogP contribution in [0.3, 0.4) is 0 Å². The van der Waals surface area contributed by atoms with E-state index < -0.39 is 0 Å². The smallest absolute Gasteiger partial charge is 0.0406 e. The zero-order valence-corrected chi connectivity index (χ0v) is 12.2. The Hall–Kier alpha value is -0.570. The molecule has 0 amide bonds. The Morgan fingerprint density at radius 2 is 1.94 bits per heavy atom. The van der Waals surface area contributed by atoms with Gasteiger partial charge in [0, 0.05) is 23.7 Å². The molecule has 1 heterocycles. The van der Waals surface area contributed by atoms with Crippen LogP contribution in [0.25, 0.3) is 0 Å². The maximum absolute atomic E-state index is 5.96. The summed E-state index contributed by atoms with van der Waals surface area (Å²) in [5, 5.41) is 4.60. The number of benzene rings is 1.